The average molecular weight is 332 g/mol. The minimum atomic E-state index is 0.108. The molecule has 2 heterocycles. The lowest BCUT2D eigenvalue weighted by Crippen LogP contribution is -2.46. The van der Waals surface area contributed by atoms with Gasteiger partial charge in [-0.15, -0.1) is 0 Å². The molecule has 1 atom stereocenters. The Morgan fingerprint density at radius 2 is 2.08 bits per heavy atom. The molecule has 0 N–H and O–H groups in total. The number of piperazine rings is 1. The predicted octanol–water partition coefficient (Wildman–Crippen LogP) is 1.88. The fourth-order valence-corrected chi connectivity index (χ4v) is 3.11. The molecule has 0 spiro atoms. The van der Waals surface area contributed by atoms with Crippen molar-refractivity contribution in [1.82, 2.24) is 19.9 Å². The third-order valence-electron chi connectivity index (χ3n) is 4.44. The summed E-state index contributed by atoms with van der Waals surface area (Å²) in [5.74, 6) is 2.90. The largest absolute Gasteiger partial charge is 0.493 e. The maximum absolute atomic E-state index is 5.54. The Morgan fingerprint density at radius 3 is 2.75 bits per heavy atom. The van der Waals surface area contributed by atoms with Gasteiger partial charge in [-0.25, -0.2) is 0 Å². The standard InChI is InChI=1S/C17H24N4O3/c1-12-18-17(24-19-12)14-11-21(9-8-20(14)2)10-13-6-5-7-15(22-3)16(13)23-4/h5-7,14H,8-11H2,1-4H3. The van der Waals surface area contributed by atoms with E-state index in [1.165, 1.54) is 0 Å². The summed E-state index contributed by atoms with van der Waals surface area (Å²) >= 11 is 0. The van der Waals surface area contributed by atoms with Crippen molar-refractivity contribution in [3.63, 3.8) is 0 Å². The molecule has 1 fully saturated rings. The Kier molecular flexibility index (Phi) is 5.01. The summed E-state index contributed by atoms with van der Waals surface area (Å²) in [4.78, 5) is 9.03. The first-order chi connectivity index (χ1) is 11.6. The second-order valence-corrected chi connectivity index (χ2v) is 6.06. The summed E-state index contributed by atoms with van der Waals surface area (Å²) < 4.78 is 16.3. The SMILES string of the molecule is COc1cccc(CN2CCN(C)C(c3nc(C)no3)C2)c1OC. The Bertz CT molecular complexity index is 688. The van der Waals surface area contributed by atoms with E-state index in [2.05, 4.69) is 33.1 Å². The van der Waals surface area contributed by atoms with Crippen molar-refractivity contribution in [3.05, 3.63) is 35.5 Å². The topological polar surface area (TPSA) is 63.9 Å². The van der Waals surface area contributed by atoms with Gasteiger partial charge in [0, 0.05) is 31.7 Å². The number of ether oxygens (including phenoxy) is 2. The molecule has 0 saturated carbocycles. The van der Waals surface area contributed by atoms with Gasteiger partial charge in [0.1, 0.15) is 6.04 Å². The van der Waals surface area contributed by atoms with Gasteiger partial charge >= 0.3 is 0 Å². The zero-order chi connectivity index (χ0) is 17.1. The first-order valence-corrected chi connectivity index (χ1v) is 8.05. The third-order valence-corrected chi connectivity index (χ3v) is 4.44. The molecule has 1 aliphatic rings. The van der Waals surface area contributed by atoms with E-state index in [0.717, 1.165) is 43.2 Å². The van der Waals surface area contributed by atoms with Gasteiger partial charge in [-0.05, 0) is 20.0 Å². The minimum absolute atomic E-state index is 0.108. The van der Waals surface area contributed by atoms with Crippen LogP contribution in [0.1, 0.15) is 23.3 Å². The molecular weight excluding hydrogens is 308 g/mol. The molecular formula is C17H24N4O3. The van der Waals surface area contributed by atoms with Crippen molar-refractivity contribution in [2.24, 2.45) is 0 Å². The number of likely N-dealkylation sites (N-methyl/N-ethyl adjacent to an activating group) is 1. The van der Waals surface area contributed by atoms with Crippen LogP contribution in [0.5, 0.6) is 11.5 Å². The number of aryl methyl sites for hydroxylation is 1. The van der Waals surface area contributed by atoms with Crippen molar-refractivity contribution in [2.45, 2.75) is 19.5 Å². The van der Waals surface area contributed by atoms with E-state index in [1.807, 2.05) is 19.1 Å². The van der Waals surface area contributed by atoms with Crippen LogP contribution in [0.2, 0.25) is 0 Å². The lowest BCUT2D eigenvalue weighted by Gasteiger charge is -2.37. The van der Waals surface area contributed by atoms with Gasteiger partial charge < -0.3 is 14.0 Å². The number of para-hydroxylation sites is 1. The molecule has 2 aromatic rings. The van der Waals surface area contributed by atoms with E-state index in [0.29, 0.717) is 11.7 Å². The Morgan fingerprint density at radius 1 is 1.25 bits per heavy atom. The van der Waals surface area contributed by atoms with Crippen LogP contribution in [0.4, 0.5) is 0 Å². The van der Waals surface area contributed by atoms with Gasteiger partial charge in [0.25, 0.3) is 0 Å². The van der Waals surface area contributed by atoms with Crippen molar-refractivity contribution in [2.75, 3.05) is 40.9 Å². The Hall–Kier alpha value is -2.12. The molecule has 24 heavy (non-hydrogen) atoms. The molecule has 1 unspecified atom stereocenters. The van der Waals surface area contributed by atoms with Crippen LogP contribution >= 0.6 is 0 Å². The van der Waals surface area contributed by atoms with Crippen LogP contribution in [0.15, 0.2) is 22.7 Å². The monoisotopic (exact) mass is 332 g/mol. The number of rotatable bonds is 5. The van der Waals surface area contributed by atoms with Gasteiger partial charge in [-0.2, -0.15) is 4.98 Å². The highest BCUT2D eigenvalue weighted by atomic mass is 16.5. The fourth-order valence-electron chi connectivity index (χ4n) is 3.11. The molecule has 1 aromatic heterocycles. The van der Waals surface area contributed by atoms with Crippen LogP contribution < -0.4 is 9.47 Å². The number of aromatic nitrogens is 2. The molecule has 0 aliphatic carbocycles. The molecule has 130 valence electrons. The van der Waals surface area contributed by atoms with E-state index in [4.69, 9.17) is 14.0 Å². The van der Waals surface area contributed by atoms with Crippen LogP contribution in [0.25, 0.3) is 0 Å². The average Bonchev–Trinajstić information content (AvgIpc) is 3.02. The number of hydrogen-bond donors (Lipinski definition) is 0. The van der Waals surface area contributed by atoms with E-state index in [9.17, 15) is 0 Å². The molecule has 0 radical (unpaired) electrons. The number of benzene rings is 1. The fraction of sp³-hybridized carbons (Fsp3) is 0.529. The summed E-state index contributed by atoms with van der Waals surface area (Å²) in [5.41, 5.74) is 1.11. The molecule has 1 saturated heterocycles. The van der Waals surface area contributed by atoms with E-state index < -0.39 is 0 Å². The number of hydrogen-bond acceptors (Lipinski definition) is 7. The highest BCUT2D eigenvalue weighted by molar-refractivity contribution is 5.46. The summed E-state index contributed by atoms with van der Waals surface area (Å²) in [6, 6.07) is 6.09. The van der Waals surface area contributed by atoms with Crippen LogP contribution in [-0.2, 0) is 6.54 Å². The third kappa shape index (κ3) is 3.37. The smallest absolute Gasteiger partial charge is 0.245 e. The zero-order valence-corrected chi connectivity index (χ0v) is 14.7. The molecule has 3 rings (SSSR count). The van der Waals surface area contributed by atoms with E-state index in [1.54, 1.807) is 14.2 Å². The van der Waals surface area contributed by atoms with E-state index >= 15 is 0 Å². The van der Waals surface area contributed by atoms with Gasteiger partial charge in [0.2, 0.25) is 5.89 Å². The normalized spacial score (nSPS) is 19.4. The van der Waals surface area contributed by atoms with Crippen LogP contribution in [0, 0.1) is 6.92 Å². The Labute approximate surface area is 142 Å². The molecule has 1 aromatic carbocycles. The predicted molar refractivity (Wildman–Crippen MR) is 89.2 cm³/mol. The summed E-state index contributed by atoms with van der Waals surface area (Å²) in [5, 5.41) is 3.92. The lowest BCUT2D eigenvalue weighted by atomic mass is 10.1. The van der Waals surface area contributed by atoms with Gasteiger partial charge in [0.05, 0.1) is 14.2 Å². The maximum Gasteiger partial charge on any atom is 0.245 e. The summed E-state index contributed by atoms with van der Waals surface area (Å²) in [6.07, 6.45) is 0. The maximum atomic E-state index is 5.54. The zero-order valence-electron chi connectivity index (χ0n) is 14.7. The highest BCUT2D eigenvalue weighted by Crippen LogP contribution is 2.32. The second kappa shape index (κ2) is 7.19. The minimum Gasteiger partial charge on any atom is -0.493 e. The van der Waals surface area contributed by atoms with Gasteiger partial charge in [-0.1, -0.05) is 17.3 Å². The van der Waals surface area contributed by atoms with Gasteiger partial charge in [-0.3, -0.25) is 9.80 Å². The Balaban J connectivity index is 1.76. The molecule has 7 heteroatoms. The summed E-state index contributed by atoms with van der Waals surface area (Å²) in [6.45, 7) is 5.38. The van der Waals surface area contributed by atoms with Crippen molar-refractivity contribution >= 4 is 0 Å². The van der Waals surface area contributed by atoms with Crippen molar-refractivity contribution < 1.29 is 14.0 Å². The van der Waals surface area contributed by atoms with Crippen molar-refractivity contribution in [1.29, 1.82) is 0 Å². The lowest BCUT2D eigenvalue weighted by molar-refractivity contribution is 0.0709. The number of nitrogens with zero attached hydrogens (tertiary/aromatic N) is 4. The van der Waals surface area contributed by atoms with Crippen molar-refractivity contribution in [3.8, 4) is 11.5 Å². The number of methoxy groups -OCH3 is 2. The molecule has 0 amide bonds. The van der Waals surface area contributed by atoms with Gasteiger partial charge in [0.15, 0.2) is 17.3 Å². The van der Waals surface area contributed by atoms with Crippen LogP contribution in [0.3, 0.4) is 0 Å². The molecule has 1 aliphatic heterocycles. The summed E-state index contributed by atoms with van der Waals surface area (Å²) in [7, 11) is 5.43. The first-order valence-electron chi connectivity index (χ1n) is 8.05. The quantitative estimate of drug-likeness (QED) is 0.828. The van der Waals surface area contributed by atoms with Crippen LogP contribution in [-0.4, -0.2) is 60.8 Å². The van der Waals surface area contributed by atoms with E-state index in [-0.39, 0.29) is 6.04 Å². The molecule has 0 bridgehead atoms. The molecule has 7 nitrogen and oxygen atoms in total. The second-order valence-electron chi connectivity index (χ2n) is 6.06. The first kappa shape index (κ1) is 16.7. The highest BCUT2D eigenvalue weighted by Gasteiger charge is 2.30.